The maximum atomic E-state index is 12.3. The van der Waals surface area contributed by atoms with E-state index in [1.807, 2.05) is 37.3 Å². The topological polar surface area (TPSA) is 35.6 Å². The monoisotopic (exact) mass is 371 g/mol. The summed E-state index contributed by atoms with van der Waals surface area (Å²) < 4.78 is 0. The SMILES string of the molecule is Cc1cccc(NC(=O)CCN2CCN(c3cccc(Cl)c3)CC2)c1C. The molecule has 26 heavy (non-hydrogen) atoms. The molecule has 2 aromatic carbocycles. The van der Waals surface area contributed by atoms with Gasteiger partial charge in [0.05, 0.1) is 0 Å². The molecule has 2 aromatic rings. The lowest BCUT2D eigenvalue weighted by Gasteiger charge is -2.36. The minimum Gasteiger partial charge on any atom is -0.369 e. The molecule has 1 fully saturated rings. The highest BCUT2D eigenvalue weighted by Gasteiger charge is 2.18. The molecule has 1 aliphatic rings. The predicted molar refractivity (Wildman–Crippen MR) is 109 cm³/mol. The van der Waals surface area contributed by atoms with Gasteiger partial charge < -0.3 is 10.2 Å². The van der Waals surface area contributed by atoms with Crippen LogP contribution in [0.2, 0.25) is 5.02 Å². The number of rotatable bonds is 5. The first-order chi connectivity index (χ1) is 12.5. The van der Waals surface area contributed by atoms with Crippen molar-refractivity contribution in [1.29, 1.82) is 0 Å². The second kappa shape index (κ2) is 8.56. The van der Waals surface area contributed by atoms with E-state index in [0.29, 0.717) is 6.42 Å². The summed E-state index contributed by atoms with van der Waals surface area (Å²) in [7, 11) is 0. The normalized spacial score (nSPS) is 15.1. The van der Waals surface area contributed by atoms with Crippen LogP contribution in [0, 0.1) is 13.8 Å². The third-order valence-electron chi connectivity index (χ3n) is 5.08. The van der Waals surface area contributed by atoms with Crippen LogP contribution in [0.1, 0.15) is 17.5 Å². The molecule has 0 aromatic heterocycles. The van der Waals surface area contributed by atoms with Gasteiger partial charge in [0.15, 0.2) is 0 Å². The van der Waals surface area contributed by atoms with Gasteiger partial charge in [0.2, 0.25) is 5.91 Å². The van der Waals surface area contributed by atoms with Crippen LogP contribution < -0.4 is 10.2 Å². The second-order valence-electron chi connectivity index (χ2n) is 6.85. The molecule has 3 rings (SSSR count). The fraction of sp³-hybridized carbons (Fsp3) is 0.381. The van der Waals surface area contributed by atoms with Crippen molar-refractivity contribution in [2.24, 2.45) is 0 Å². The molecule has 0 saturated carbocycles. The molecule has 138 valence electrons. The van der Waals surface area contributed by atoms with Gasteiger partial charge in [-0.1, -0.05) is 29.8 Å². The molecule has 1 N–H and O–H groups in total. The number of anilines is 2. The Kier molecular flexibility index (Phi) is 6.17. The van der Waals surface area contributed by atoms with Crippen LogP contribution in [-0.2, 0) is 4.79 Å². The summed E-state index contributed by atoms with van der Waals surface area (Å²) in [5.41, 5.74) is 4.42. The van der Waals surface area contributed by atoms with Gasteiger partial charge in [0.1, 0.15) is 0 Å². The quantitative estimate of drug-likeness (QED) is 0.859. The van der Waals surface area contributed by atoms with E-state index in [9.17, 15) is 4.79 Å². The predicted octanol–water partition coefficient (Wildman–Crippen LogP) is 4.11. The Morgan fingerprint density at radius 2 is 1.81 bits per heavy atom. The Hall–Kier alpha value is -2.04. The molecule has 1 heterocycles. The van der Waals surface area contributed by atoms with Crippen LogP contribution in [0.3, 0.4) is 0 Å². The van der Waals surface area contributed by atoms with Crippen molar-refractivity contribution in [1.82, 2.24) is 4.90 Å². The van der Waals surface area contributed by atoms with E-state index < -0.39 is 0 Å². The van der Waals surface area contributed by atoms with E-state index in [1.54, 1.807) is 0 Å². The fourth-order valence-electron chi connectivity index (χ4n) is 3.26. The van der Waals surface area contributed by atoms with Gasteiger partial charge in [-0.05, 0) is 49.2 Å². The smallest absolute Gasteiger partial charge is 0.225 e. The number of benzene rings is 2. The van der Waals surface area contributed by atoms with Gasteiger partial charge in [-0.3, -0.25) is 9.69 Å². The largest absolute Gasteiger partial charge is 0.369 e. The molecule has 4 nitrogen and oxygen atoms in total. The number of piperazine rings is 1. The van der Waals surface area contributed by atoms with Gasteiger partial charge in [-0.25, -0.2) is 0 Å². The third-order valence-corrected chi connectivity index (χ3v) is 5.31. The fourth-order valence-corrected chi connectivity index (χ4v) is 3.45. The number of hydrogen-bond donors (Lipinski definition) is 1. The first kappa shape index (κ1) is 18.7. The molecule has 0 atom stereocenters. The minimum absolute atomic E-state index is 0.0796. The van der Waals surface area contributed by atoms with Crippen LogP contribution in [0.4, 0.5) is 11.4 Å². The number of hydrogen-bond acceptors (Lipinski definition) is 3. The van der Waals surface area contributed by atoms with Crippen LogP contribution >= 0.6 is 11.6 Å². The Morgan fingerprint density at radius 1 is 1.08 bits per heavy atom. The molecule has 0 radical (unpaired) electrons. The molecule has 1 saturated heterocycles. The lowest BCUT2D eigenvalue weighted by molar-refractivity contribution is -0.116. The Bertz CT molecular complexity index is 770. The lowest BCUT2D eigenvalue weighted by Crippen LogP contribution is -2.47. The highest BCUT2D eigenvalue weighted by Crippen LogP contribution is 2.21. The van der Waals surface area contributed by atoms with Crippen LogP contribution in [0.25, 0.3) is 0 Å². The number of amides is 1. The maximum absolute atomic E-state index is 12.3. The zero-order valence-electron chi connectivity index (χ0n) is 15.5. The first-order valence-corrected chi connectivity index (χ1v) is 9.49. The van der Waals surface area contributed by atoms with E-state index >= 15 is 0 Å². The molecular weight excluding hydrogens is 346 g/mol. The van der Waals surface area contributed by atoms with Crippen molar-refractivity contribution in [3.05, 3.63) is 58.6 Å². The number of carbonyl (C=O) groups excluding carboxylic acids is 1. The van der Waals surface area contributed by atoms with Crippen molar-refractivity contribution >= 4 is 28.9 Å². The van der Waals surface area contributed by atoms with Crippen molar-refractivity contribution in [3.8, 4) is 0 Å². The summed E-state index contributed by atoms with van der Waals surface area (Å²) in [5.74, 6) is 0.0796. The Labute approximate surface area is 160 Å². The van der Waals surface area contributed by atoms with Gasteiger partial charge >= 0.3 is 0 Å². The molecular formula is C21H26ClN3O. The molecule has 0 unspecified atom stereocenters. The van der Waals surface area contributed by atoms with Gasteiger partial charge in [-0.2, -0.15) is 0 Å². The Morgan fingerprint density at radius 3 is 2.54 bits per heavy atom. The number of aryl methyl sites for hydroxylation is 1. The van der Waals surface area contributed by atoms with Gasteiger partial charge in [0, 0.05) is 55.5 Å². The maximum Gasteiger partial charge on any atom is 0.225 e. The van der Waals surface area contributed by atoms with Gasteiger partial charge in [-0.15, -0.1) is 0 Å². The highest BCUT2D eigenvalue weighted by atomic mass is 35.5. The van der Waals surface area contributed by atoms with E-state index in [0.717, 1.165) is 49.0 Å². The van der Waals surface area contributed by atoms with Crippen molar-refractivity contribution in [2.75, 3.05) is 42.9 Å². The summed E-state index contributed by atoms with van der Waals surface area (Å²) in [4.78, 5) is 17.0. The molecule has 0 spiro atoms. The third kappa shape index (κ3) is 4.77. The first-order valence-electron chi connectivity index (χ1n) is 9.12. The second-order valence-corrected chi connectivity index (χ2v) is 7.29. The van der Waals surface area contributed by atoms with E-state index in [1.165, 1.54) is 11.3 Å². The highest BCUT2D eigenvalue weighted by molar-refractivity contribution is 6.30. The van der Waals surface area contributed by atoms with Gasteiger partial charge in [0.25, 0.3) is 0 Å². The van der Waals surface area contributed by atoms with E-state index in [2.05, 4.69) is 34.2 Å². The average molecular weight is 372 g/mol. The molecule has 0 aliphatic carbocycles. The lowest BCUT2D eigenvalue weighted by atomic mass is 10.1. The van der Waals surface area contributed by atoms with E-state index in [4.69, 9.17) is 11.6 Å². The summed E-state index contributed by atoms with van der Waals surface area (Å²) in [6.07, 6.45) is 0.518. The van der Waals surface area contributed by atoms with Crippen LogP contribution in [0.15, 0.2) is 42.5 Å². The zero-order chi connectivity index (χ0) is 18.5. The number of halogens is 1. The summed E-state index contributed by atoms with van der Waals surface area (Å²) in [6.45, 7) is 8.73. The van der Waals surface area contributed by atoms with Crippen LogP contribution in [-0.4, -0.2) is 43.5 Å². The average Bonchev–Trinajstić information content (AvgIpc) is 2.64. The molecule has 1 aliphatic heterocycles. The standard InChI is InChI=1S/C21H26ClN3O/c1-16-5-3-8-20(17(16)2)23-21(26)9-10-24-11-13-25(14-12-24)19-7-4-6-18(22)15-19/h3-8,15H,9-14H2,1-2H3,(H,23,26). The number of nitrogens with one attached hydrogen (secondary N) is 1. The number of carbonyl (C=O) groups is 1. The van der Waals surface area contributed by atoms with Crippen LogP contribution in [0.5, 0.6) is 0 Å². The molecule has 0 bridgehead atoms. The van der Waals surface area contributed by atoms with Crippen molar-refractivity contribution in [2.45, 2.75) is 20.3 Å². The van der Waals surface area contributed by atoms with E-state index in [-0.39, 0.29) is 5.91 Å². The summed E-state index contributed by atoms with van der Waals surface area (Å²) in [5, 5.41) is 3.81. The van der Waals surface area contributed by atoms with Crippen molar-refractivity contribution < 1.29 is 4.79 Å². The summed E-state index contributed by atoms with van der Waals surface area (Å²) >= 11 is 6.08. The number of nitrogens with zero attached hydrogens (tertiary/aromatic N) is 2. The Balaban J connectivity index is 1.45. The zero-order valence-corrected chi connectivity index (χ0v) is 16.2. The van der Waals surface area contributed by atoms with Crippen molar-refractivity contribution in [3.63, 3.8) is 0 Å². The molecule has 1 amide bonds. The minimum atomic E-state index is 0.0796. The molecule has 5 heteroatoms. The summed E-state index contributed by atoms with van der Waals surface area (Å²) in [6, 6.07) is 14.0.